The van der Waals surface area contributed by atoms with Crippen LogP contribution < -0.4 is 10.1 Å². The van der Waals surface area contributed by atoms with E-state index in [0.29, 0.717) is 139 Å². The molecule has 0 bridgehead atoms. The molecule has 25 nitrogen and oxygen atoms in total. The van der Waals surface area contributed by atoms with Crippen LogP contribution in [0.4, 0.5) is 5.69 Å². The summed E-state index contributed by atoms with van der Waals surface area (Å²) in [4.78, 5) is 66.6. The Kier molecular flexibility index (Phi) is 75.4. The normalized spacial score (nSPS) is 11.8. The first kappa shape index (κ1) is 119. The Morgan fingerprint density at radius 2 is 0.797 bits per heavy atom. The van der Waals surface area contributed by atoms with E-state index in [4.69, 9.17) is 87.4 Å². The summed E-state index contributed by atoms with van der Waals surface area (Å²) in [7, 11) is 0. The molecule has 0 saturated heterocycles. The number of ether oxygens (including phenoxy) is 14. The van der Waals surface area contributed by atoms with Gasteiger partial charge in [0.15, 0.2) is 0 Å². The molecule has 0 heterocycles. The molecule has 4 rings (SSSR count). The van der Waals surface area contributed by atoms with Crippen LogP contribution in [0.5, 0.6) is 5.75 Å². The molecule has 1 amide bonds. The zero-order valence-corrected chi connectivity index (χ0v) is 77.7. The van der Waals surface area contributed by atoms with Crippen molar-refractivity contribution in [3.05, 3.63) is 192 Å². The van der Waals surface area contributed by atoms with Gasteiger partial charge in [-0.05, 0) is 195 Å². The Morgan fingerprint density at radius 1 is 0.423 bits per heavy atom. The second-order valence-electron chi connectivity index (χ2n) is 28.9. The minimum Gasteiger partial charge on any atom is -0.491 e. The fourth-order valence-corrected chi connectivity index (χ4v) is 8.20. The highest BCUT2D eigenvalue weighted by Gasteiger charge is 2.35. The van der Waals surface area contributed by atoms with Crippen LogP contribution in [0.25, 0.3) is 0 Å². The van der Waals surface area contributed by atoms with Crippen molar-refractivity contribution >= 4 is 41.4 Å². The molecule has 25 heteroatoms. The molecular formula is C98H147N5O20. The summed E-state index contributed by atoms with van der Waals surface area (Å²) in [6.07, 6.45) is 11.0. The highest BCUT2D eigenvalue weighted by atomic mass is 16.7. The van der Waals surface area contributed by atoms with Gasteiger partial charge in [0.25, 0.3) is 6.29 Å². The van der Waals surface area contributed by atoms with Crippen LogP contribution in [0.3, 0.4) is 0 Å². The molecule has 0 spiro atoms. The monoisotopic (exact) mass is 1710 g/mol. The molecule has 123 heavy (non-hydrogen) atoms. The lowest BCUT2D eigenvalue weighted by Crippen LogP contribution is -2.38. The summed E-state index contributed by atoms with van der Waals surface area (Å²) in [5, 5.41) is 36.3. The fraction of sp³-hybridized carbons (Fsp3) is 0.551. The smallest absolute Gasteiger partial charge is 0.336 e. The number of carbonyl (C=O) groups excluding carboxylic acids is 6. The van der Waals surface area contributed by atoms with Gasteiger partial charge in [0, 0.05) is 33.9 Å². The summed E-state index contributed by atoms with van der Waals surface area (Å²) in [6.45, 7) is 64.1. The van der Waals surface area contributed by atoms with E-state index in [-0.39, 0.29) is 61.0 Å². The molecule has 0 saturated carbocycles. The summed E-state index contributed by atoms with van der Waals surface area (Å²) < 4.78 is 73.1. The maximum atomic E-state index is 11.5. The van der Waals surface area contributed by atoms with Crippen molar-refractivity contribution in [3.8, 4) is 30.0 Å². The molecule has 0 fully saturated rings. The maximum Gasteiger partial charge on any atom is 0.336 e. The SMILES string of the molecule is C=C(C)C(=O)OC(OC(=O)C(=C)C)C(C)(C)CC.C=C(C)C(=O)OCc1ccc(C(C)CC)cc1.C=CC(=O)Nc1ccc(C(C)CC)cc1.C=CC(=O)OCCOCCOC(C)CC.CCC(C)OCCOC(=O)CC#N.CCC(C)OCCOCCC#N.CCC(C)OCCOCc1ccc(C#N)cc1.CCC(C)OCCOc1ccc(C#N)cc1. The number of nitriles is 4. The third-order valence-corrected chi connectivity index (χ3v) is 17.9. The third-order valence-electron chi connectivity index (χ3n) is 17.9. The molecule has 4 aromatic rings. The minimum atomic E-state index is -0.948. The van der Waals surface area contributed by atoms with Crippen LogP contribution in [0, 0.1) is 50.7 Å². The van der Waals surface area contributed by atoms with E-state index in [1.54, 1.807) is 63.2 Å². The van der Waals surface area contributed by atoms with Gasteiger partial charge in [0.2, 0.25) is 5.91 Å². The first-order valence-electron chi connectivity index (χ1n) is 42.4. The van der Waals surface area contributed by atoms with Gasteiger partial charge < -0.3 is 71.6 Å². The average Bonchev–Trinajstić information content (AvgIpc) is 0.846. The van der Waals surface area contributed by atoms with Crippen molar-refractivity contribution in [1.29, 1.82) is 21.0 Å². The third kappa shape index (κ3) is 68.0. The van der Waals surface area contributed by atoms with E-state index in [2.05, 4.69) is 125 Å². The minimum absolute atomic E-state index is 0.175. The van der Waals surface area contributed by atoms with Gasteiger partial charge in [-0.15, -0.1) is 0 Å². The Hall–Kier alpha value is -10.2. The lowest BCUT2D eigenvalue weighted by molar-refractivity contribution is -0.204. The van der Waals surface area contributed by atoms with Crippen LogP contribution in [0.15, 0.2) is 159 Å². The van der Waals surface area contributed by atoms with Gasteiger partial charge >= 0.3 is 29.8 Å². The van der Waals surface area contributed by atoms with Crippen LogP contribution in [0.2, 0.25) is 0 Å². The first-order chi connectivity index (χ1) is 58.5. The van der Waals surface area contributed by atoms with E-state index in [1.165, 1.54) is 17.2 Å². The molecule has 1 N–H and O–H groups in total. The zero-order valence-electron chi connectivity index (χ0n) is 77.7. The predicted octanol–water partition coefficient (Wildman–Crippen LogP) is 20.3. The van der Waals surface area contributed by atoms with Crippen LogP contribution >= 0.6 is 0 Å². The quantitative estimate of drug-likeness (QED) is 0.0141. The number of hydrogen-bond acceptors (Lipinski definition) is 24. The number of hydrogen-bond donors (Lipinski definition) is 1. The van der Waals surface area contributed by atoms with E-state index in [1.807, 2.05) is 110 Å². The van der Waals surface area contributed by atoms with Crippen LogP contribution in [-0.4, -0.2) is 158 Å². The first-order valence-corrected chi connectivity index (χ1v) is 42.4. The van der Waals surface area contributed by atoms with Gasteiger partial charge in [-0.1, -0.05) is 165 Å². The number of benzene rings is 4. The number of nitrogens with zero attached hydrogens (tertiary/aromatic N) is 4. The fourth-order valence-electron chi connectivity index (χ4n) is 8.20. The molecule has 7 unspecified atom stereocenters. The van der Waals surface area contributed by atoms with Crippen molar-refractivity contribution in [1.82, 2.24) is 0 Å². The number of anilines is 1. The highest BCUT2D eigenvalue weighted by molar-refractivity contribution is 5.98. The summed E-state index contributed by atoms with van der Waals surface area (Å²) >= 11 is 0. The van der Waals surface area contributed by atoms with E-state index < -0.39 is 35.6 Å². The number of nitrogens with one attached hydrogen (secondary N) is 1. The number of amides is 1. The summed E-state index contributed by atoms with van der Waals surface area (Å²) in [5.41, 5.74) is 7.31. The summed E-state index contributed by atoms with van der Waals surface area (Å²) in [6, 6.07) is 38.5. The second kappa shape index (κ2) is 77.9. The molecule has 7 atom stereocenters. The van der Waals surface area contributed by atoms with Crippen molar-refractivity contribution in [2.24, 2.45) is 5.41 Å². The maximum absolute atomic E-state index is 11.5. The van der Waals surface area contributed by atoms with Gasteiger partial charge in [-0.2, -0.15) is 21.0 Å². The number of rotatable bonds is 50. The lowest BCUT2D eigenvalue weighted by atomic mass is 9.89. The molecule has 0 aliphatic heterocycles. The lowest BCUT2D eigenvalue weighted by Gasteiger charge is -2.32. The van der Waals surface area contributed by atoms with Crippen molar-refractivity contribution < 1.29 is 95.1 Å². The van der Waals surface area contributed by atoms with Gasteiger partial charge in [-0.25, -0.2) is 19.2 Å². The van der Waals surface area contributed by atoms with Crippen LogP contribution in [0.1, 0.15) is 248 Å². The summed E-state index contributed by atoms with van der Waals surface area (Å²) in [5.74, 6) is -0.665. The molecule has 0 aliphatic carbocycles. The molecule has 684 valence electrons. The largest absolute Gasteiger partial charge is 0.491 e. The van der Waals surface area contributed by atoms with Gasteiger partial charge in [0.05, 0.1) is 145 Å². The van der Waals surface area contributed by atoms with Crippen LogP contribution in [-0.2, 0) is 104 Å². The standard InChI is InChI=1S/C15H20O2.C14H19NO2.C14H22O4.C13H17NO2.C13H17NO.C11H20O4.C9H15NO3.C9H17NO2/c1-5-12(4)14-8-6-13(7-9-14)10-17-15(16)11(2)3;1-3-12(2)17-9-8-16-11-14-6-4-13(10-15)5-7-14;1-8-14(6,7)13(17-11(15)9(2)3)18-12(16)10(4)5;1-3-11(2)15-8-9-16-13-6-4-12(10-14)5-7-13;1-4-10(3)11-6-8-12(9-7-11)14-13(15)5-2;1-4-10(3)14-8-6-13-7-9-15-11(12)5-2;1-3-8(2)12-6-7-13-9(11)4-5-10;1-3-9(2)12-8-7-11-6-4-5-10/h6-9,12H,2,5,10H2,1,3-4H3;4-7,12H,3,8-9,11H2,1-2H3;13H,2,4,8H2,1,3,5-7H3;4-7,11H,3,8-9H2,1-2H3;5-10H,2,4H2,1,3H3,(H,14,15);5,10H,2,4,6-9H2,1,3H3;8H,3-4,6-7H2,1-2H3;9H,3-4,6-8H2,1-2H3. The Balaban J connectivity index is -0.000000660. The molecule has 0 radical (unpaired) electrons. The van der Waals surface area contributed by atoms with Crippen molar-refractivity contribution in [2.45, 2.75) is 265 Å². The molecule has 0 aliphatic rings. The molecule has 0 aromatic heterocycles. The average molecular weight is 1720 g/mol. The zero-order chi connectivity index (χ0) is 93.8. The topological polar surface area (TPSA) is 339 Å². The second-order valence-corrected chi connectivity index (χ2v) is 28.9. The number of carbonyl (C=O) groups is 6. The van der Waals surface area contributed by atoms with Crippen molar-refractivity contribution in [3.63, 3.8) is 0 Å². The highest BCUT2D eigenvalue weighted by Crippen LogP contribution is 2.30. The molecular weight excluding hydrogens is 1570 g/mol. The van der Waals surface area contributed by atoms with Crippen molar-refractivity contribution in [2.75, 3.05) is 91.2 Å². The Morgan fingerprint density at radius 3 is 1.18 bits per heavy atom. The Bertz CT molecular complexity index is 3680. The van der Waals surface area contributed by atoms with E-state index >= 15 is 0 Å². The predicted molar refractivity (Wildman–Crippen MR) is 484 cm³/mol. The Labute approximate surface area is 737 Å². The van der Waals surface area contributed by atoms with E-state index in [0.717, 1.165) is 73.6 Å². The van der Waals surface area contributed by atoms with Gasteiger partial charge in [0.1, 0.15) is 38.6 Å². The van der Waals surface area contributed by atoms with E-state index in [9.17, 15) is 28.8 Å². The van der Waals surface area contributed by atoms with Gasteiger partial charge in [-0.3, -0.25) is 9.59 Å². The molecule has 4 aromatic carbocycles. The number of esters is 5.